The van der Waals surface area contributed by atoms with Crippen LogP contribution in [0.4, 0.5) is 5.69 Å². The monoisotopic (exact) mass is 292 g/mol. The number of para-hydroxylation sites is 1. The van der Waals surface area contributed by atoms with E-state index >= 15 is 0 Å². The van der Waals surface area contributed by atoms with E-state index in [-0.39, 0.29) is 0 Å². The fourth-order valence-corrected chi connectivity index (χ4v) is 1.60. The number of nitrogen functional groups attached to an aromatic ring is 1. The number of ether oxygens (including phenoxy) is 1. The van der Waals surface area contributed by atoms with Crippen molar-refractivity contribution in [2.24, 2.45) is 5.84 Å². The lowest BCUT2D eigenvalue weighted by Gasteiger charge is -2.08. The molecule has 0 aliphatic rings. The van der Waals surface area contributed by atoms with Gasteiger partial charge in [-0.15, -0.1) is 0 Å². The highest BCUT2D eigenvalue weighted by Gasteiger charge is 2.12. The van der Waals surface area contributed by atoms with E-state index in [1.165, 1.54) is 7.11 Å². The number of methoxy groups -OCH3 is 1. The lowest BCUT2D eigenvalue weighted by molar-refractivity contribution is 0.0601. The topological polar surface area (TPSA) is 64.3 Å². The number of carbonyl (C=O) groups is 1. The normalized spacial score (nSPS) is 9.46. The van der Waals surface area contributed by atoms with Crippen molar-refractivity contribution >= 4 is 34.2 Å². The minimum atomic E-state index is -0.397. The minimum absolute atomic E-state index is 0.397. The Labute approximate surface area is 89.6 Å². The number of anilines is 1. The number of nitrogens with one attached hydrogen (secondary N) is 1. The maximum absolute atomic E-state index is 11.2. The molecule has 0 aliphatic carbocycles. The van der Waals surface area contributed by atoms with Crippen molar-refractivity contribution in [1.29, 1.82) is 0 Å². The van der Waals surface area contributed by atoms with Crippen LogP contribution in [0.25, 0.3) is 0 Å². The molecule has 0 heterocycles. The number of hydrogen-bond acceptors (Lipinski definition) is 4. The number of rotatable bonds is 2. The number of halogens is 1. The molecule has 13 heavy (non-hydrogen) atoms. The van der Waals surface area contributed by atoms with Crippen LogP contribution in [-0.2, 0) is 4.74 Å². The summed E-state index contributed by atoms with van der Waals surface area (Å²) in [6.07, 6.45) is 0. The molecule has 4 nitrogen and oxygen atoms in total. The van der Waals surface area contributed by atoms with Gasteiger partial charge in [-0.3, -0.25) is 5.84 Å². The molecule has 0 saturated carbocycles. The number of hydrogen-bond donors (Lipinski definition) is 2. The zero-order chi connectivity index (χ0) is 9.84. The van der Waals surface area contributed by atoms with Gasteiger partial charge in [-0.1, -0.05) is 6.07 Å². The Balaban J connectivity index is 3.20. The summed E-state index contributed by atoms with van der Waals surface area (Å²) in [5.74, 6) is 4.88. The maximum atomic E-state index is 11.2. The summed E-state index contributed by atoms with van der Waals surface area (Å²) in [5, 5.41) is 0. The molecule has 0 aromatic heterocycles. The first-order valence-corrected chi connectivity index (χ1v) is 4.62. The van der Waals surface area contributed by atoms with Crippen LogP contribution in [0, 0.1) is 3.57 Å². The van der Waals surface area contributed by atoms with Crippen molar-refractivity contribution in [1.82, 2.24) is 0 Å². The van der Waals surface area contributed by atoms with Gasteiger partial charge in [-0.2, -0.15) is 0 Å². The van der Waals surface area contributed by atoms with Crippen LogP contribution >= 0.6 is 22.6 Å². The lowest BCUT2D eigenvalue weighted by Crippen LogP contribution is -2.14. The molecule has 3 N–H and O–H groups in total. The zero-order valence-corrected chi connectivity index (χ0v) is 9.16. The highest BCUT2D eigenvalue weighted by molar-refractivity contribution is 14.1. The van der Waals surface area contributed by atoms with Crippen molar-refractivity contribution in [3.63, 3.8) is 0 Å². The van der Waals surface area contributed by atoms with Crippen molar-refractivity contribution in [3.05, 3.63) is 27.3 Å². The van der Waals surface area contributed by atoms with E-state index in [1.807, 2.05) is 6.07 Å². The molecular weight excluding hydrogens is 283 g/mol. The number of benzene rings is 1. The Morgan fingerprint density at radius 3 is 2.85 bits per heavy atom. The van der Waals surface area contributed by atoms with E-state index in [4.69, 9.17) is 5.84 Å². The molecule has 0 spiro atoms. The molecule has 0 radical (unpaired) electrons. The maximum Gasteiger partial charge on any atom is 0.340 e. The van der Waals surface area contributed by atoms with Crippen LogP contribution in [0.1, 0.15) is 10.4 Å². The van der Waals surface area contributed by atoms with Crippen LogP contribution in [0.3, 0.4) is 0 Å². The lowest BCUT2D eigenvalue weighted by atomic mass is 10.2. The van der Waals surface area contributed by atoms with Gasteiger partial charge in [0.05, 0.1) is 18.4 Å². The van der Waals surface area contributed by atoms with Gasteiger partial charge < -0.3 is 10.2 Å². The zero-order valence-electron chi connectivity index (χ0n) is 7.00. The highest BCUT2D eigenvalue weighted by Crippen LogP contribution is 2.22. The van der Waals surface area contributed by atoms with Crippen LogP contribution in [-0.4, -0.2) is 13.1 Å². The average Bonchev–Trinajstić information content (AvgIpc) is 2.16. The first kappa shape index (κ1) is 10.3. The average molecular weight is 292 g/mol. The SMILES string of the molecule is COC(=O)c1cccc(I)c1NN. The summed E-state index contributed by atoms with van der Waals surface area (Å²) in [6.45, 7) is 0. The molecule has 5 heteroatoms. The van der Waals surface area contributed by atoms with Gasteiger partial charge >= 0.3 is 5.97 Å². The van der Waals surface area contributed by atoms with Crippen LogP contribution in [0.5, 0.6) is 0 Å². The van der Waals surface area contributed by atoms with Crippen molar-refractivity contribution < 1.29 is 9.53 Å². The molecule has 0 amide bonds. The predicted octanol–water partition coefficient (Wildman–Crippen LogP) is 1.36. The third-order valence-corrected chi connectivity index (χ3v) is 2.46. The fraction of sp³-hybridized carbons (Fsp3) is 0.125. The van der Waals surface area contributed by atoms with E-state index in [9.17, 15) is 4.79 Å². The number of carbonyl (C=O) groups excluding carboxylic acids is 1. The van der Waals surface area contributed by atoms with E-state index in [2.05, 4.69) is 32.8 Å². The van der Waals surface area contributed by atoms with E-state index in [1.54, 1.807) is 12.1 Å². The molecule has 0 aliphatic heterocycles. The third-order valence-electron chi connectivity index (χ3n) is 1.56. The smallest absolute Gasteiger partial charge is 0.340 e. The van der Waals surface area contributed by atoms with Crippen molar-refractivity contribution in [2.45, 2.75) is 0 Å². The van der Waals surface area contributed by atoms with Crippen LogP contribution in [0.15, 0.2) is 18.2 Å². The van der Waals surface area contributed by atoms with E-state index < -0.39 is 5.97 Å². The summed E-state index contributed by atoms with van der Waals surface area (Å²) in [4.78, 5) is 11.2. The molecule has 1 aromatic rings. The third kappa shape index (κ3) is 2.10. The molecule has 1 aromatic carbocycles. The molecule has 0 unspecified atom stereocenters. The van der Waals surface area contributed by atoms with Gasteiger partial charge in [-0.25, -0.2) is 4.79 Å². The summed E-state index contributed by atoms with van der Waals surface area (Å²) in [5.41, 5.74) is 3.50. The summed E-state index contributed by atoms with van der Waals surface area (Å²) >= 11 is 2.09. The standard InChI is InChI=1S/C8H9IN2O2/c1-13-8(12)5-3-2-4-6(9)7(5)11-10/h2-4,11H,10H2,1H3. The first-order chi connectivity index (χ1) is 6.20. The fourth-order valence-electron chi connectivity index (χ4n) is 0.951. The molecule has 0 bridgehead atoms. The quantitative estimate of drug-likeness (QED) is 0.374. The molecule has 70 valence electrons. The van der Waals surface area contributed by atoms with Gasteiger partial charge in [0.15, 0.2) is 0 Å². The number of hydrazine groups is 1. The summed E-state index contributed by atoms with van der Waals surface area (Å²) in [6, 6.07) is 5.28. The Morgan fingerprint density at radius 2 is 2.31 bits per heavy atom. The Morgan fingerprint density at radius 1 is 1.62 bits per heavy atom. The minimum Gasteiger partial charge on any atom is -0.465 e. The van der Waals surface area contributed by atoms with Crippen molar-refractivity contribution in [3.8, 4) is 0 Å². The van der Waals surface area contributed by atoms with Gasteiger partial charge in [-0.05, 0) is 34.7 Å². The van der Waals surface area contributed by atoms with Gasteiger partial charge in [0, 0.05) is 3.57 Å². The van der Waals surface area contributed by atoms with E-state index in [0.29, 0.717) is 11.3 Å². The molecule has 0 fully saturated rings. The summed E-state index contributed by atoms with van der Waals surface area (Å²) in [7, 11) is 1.34. The highest BCUT2D eigenvalue weighted by atomic mass is 127. The van der Waals surface area contributed by atoms with Gasteiger partial charge in [0.2, 0.25) is 0 Å². The second-order valence-electron chi connectivity index (χ2n) is 2.30. The van der Waals surface area contributed by atoms with Gasteiger partial charge in [0.1, 0.15) is 0 Å². The van der Waals surface area contributed by atoms with Gasteiger partial charge in [0.25, 0.3) is 0 Å². The first-order valence-electron chi connectivity index (χ1n) is 3.54. The largest absolute Gasteiger partial charge is 0.465 e. The second-order valence-corrected chi connectivity index (χ2v) is 3.46. The molecular formula is C8H9IN2O2. The number of esters is 1. The molecule has 0 saturated heterocycles. The predicted molar refractivity (Wildman–Crippen MR) is 58.3 cm³/mol. The molecule has 1 rings (SSSR count). The number of nitrogens with two attached hydrogens (primary N) is 1. The Kier molecular flexibility index (Phi) is 3.49. The Bertz CT molecular complexity index is 328. The van der Waals surface area contributed by atoms with Crippen LogP contribution < -0.4 is 11.3 Å². The Hall–Kier alpha value is -0.820. The van der Waals surface area contributed by atoms with E-state index in [0.717, 1.165) is 3.57 Å². The summed E-state index contributed by atoms with van der Waals surface area (Å²) < 4.78 is 5.47. The second kappa shape index (κ2) is 4.43. The van der Waals surface area contributed by atoms with Crippen LogP contribution in [0.2, 0.25) is 0 Å². The van der Waals surface area contributed by atoms with Crippen molar-refractivity contribution in [2.75, 3.05) is 12.5 Å². The molecule has 0 atom stereocenters.